The van der Waals surface area contributed by atoms with Crippen molar-refractivity contribution in [1.29, 1.82) is 0 Å². The van der Waals surface area contributed by atoms with Gasteiger partial charge in [0.15, 0.2) is 5.82 Å². The lowest BCUT2D eigenvalue weighted by Crippen LogP contribution is -2.58. The second-order valence-corrected chi connectivity index (χ2v) is 16.3. The standard InChI is InChI=1S/C37H41F2N7O7S/c1-2-27-34(43-30-16-22(38)10-13-28(30)41-27)53-23-17-31-33(48)44-37(36(50)45-54(51,52)24-11-12-24)18-21(37)8-6-4-3-5-7-9-29(35(49)46(31)20-23)42-32(47)25-14-15-40-19-26(25)39/h6,8,10,13-16,19,21,23-24,29,31H,2-5,7,9,11-12,17-18,20H2,1H3,(H,42,47)(H,44,48)(H,45,50)/t21-,23-,29+,31+,37-/m1/s1. The largest absolute Gasteiger partial charge is 0.471 e. The van der Waals surface area contributed by atoms with Gasteiger partial charge in [-0.25, -0.2) is 27.2 Å². The maximum absolute atomic E-state index is 14.6. The smallest absolute Gasteiger partial charge is 0.259 e. The Labute approximate surface area is 310 Å². The van der Waals surface area contributed by atoms with E-state index < -0.39 is 80.2 Å². The van der Waals surface area contributed by atoms with Crippen molar-refractivity contribution in [3.63, 3.8) is 0 Å². The van der Waals surface area contributed by atoms with Crippen LogP contribution in [-0.2, 0) is 30.8 Å². The molecule has 5 atom stereocenters. The van der Waals surface area contributed by atoms with Gasteiger partial charge in [0.05, 0.1) is 34.6 Å². The molecule has 286 valence electrons. The van der Waals surface area contributed by atoms with Crippen molar-refractivity contribution < 1.29 is 41.1 Å². The number of benzene rings is 1. The van der Waals surface area contributed by atoms with E-state index in [2.05, 4.69) is 30.3 Å². The number of aryl methyl sites for hydroxylation is 1. The lowest BCUT2D eigenvalue weighted by Gasteiger charge is -2.30. The number of amides is 4. The Balaban J connectivity index is 1.21. The molecule has 1 saturated heterocycles. The maximum Gasteiger partial charge on any atom is 0.259 e. The second-order valence-electron chi connectivity index (χ2n) is 14.3. The molecule has 2 saturated carbocycles. The van der Waals surface area contributed by atoms with Gasteiger partial charge in [-0.1, -0.05) is 31.9 Å². The molecular weight excluding hydrogens is 725 g/mol. The third-order valence-corrected chi connectivity index (χ3v) is 12.3. The molecule has 14 nitrogen and oxygen atoms in total. The van der Waals surface area contributed by atoms with Crippen LogP contribution in [0.5, 0.6) is 5.88 Å². The van der Waals surface area contributed by atoms with E-state index in [1.54, 1.807) is 0 Å². The summed E-state index contributed by atoms with van der Waals surface area (Å²) in [5.74, 6) is -4.79. The van der Waals surface area contributed by atoms with Gasteiger partial charge in [-0.3, -0.25) is 28.9 Å². The van der Waals surface area contributed by atoms with E-state index in [1.165, 1.54) is 35.4 Å². The summed E-state index contributed by atoms with van der Waals surface area (Å²) in [5.41, 5.74) is -0.697. The summed E-state index contributed by atoms with van der Waals surface area (Å²) in [5, 5.41) is 4.81. The van der Waals surface area contributed by atoms with E-state index in [-0.39, 0.29) is 42.8 Å². The molecule has 0 unspecified atom stereocenters. The molecule has 0 spiro atoms. The van der Waals surface area contributed by atoms with Crippen LogP contribution in [0.4, 0.5) is 8.78 Å². The molecule has 17 heteroatoms. The molecule has 0 bridgehead atoms. The number of carbonyl (C=O) groups excluding carboxylic acids is 4. The minimum Gasteiger partial charge on any atom is -0.471 e. The summed E-state index contributed by atoms with van der Waals surface area (Å²) < 4.78 is 62.8. The summed E-state index contributed by atoms with van der Waals surface area (Å²) in [7, 11) is -3.94. The molecule has 3 fully saturated rings. The molecule has 0 radical (unpaired) electrons. The quantitative estimate of drug-likeness (QED) is 0.288. The fourth-order valence-electron chi connectivity index (χ4n) is 7.17. The highest BCUT2D eigenvalue weighted by Gasteiger charge is 2.62. The van der Waals surface area contributed by atoms with Crippen LogP contribution in [0, 0.1) is 17.6 Å². The van der Waals surface area contributed by atoms with Crippen LogP contribution in [0.25, 0.3) is 11.0 Å². The Morgan fingerprint density at radius 3 is 2.65 bits per heavy atom. The molecule has 2 aliphatic heterocycles. The number of nitrogens with one attached hydrogen (secondary N) is 3. The fourth-order valence-corrected chi connectivity index (χ4v) is 8.54. The molecule has 3 aromatic rings. The molecule has 54 heavy (non-hydrogen) atoms. The Hall–Kier alpha value is -5.06. The van der Waals surface area contributed by atoms with Crippen molar-refractivity contribution in [2.24, 2.45) is 5.92 Å². The van der Waals surface area contributed by atoms with Crippen LogP contribution in [0.2, 0.25) is 0 Å². The van der Waals surface area contributed by atoms with Gasteiger partial charge in [0.1, 0.15) is 35.2 Å². The van der Waals surface area contributed by atoms with Crippen molar-refractivity contribution in [3.05, 3.63) is 71.7 Å². The first kappa shape index (κ1) is 37.3. The molecule has 3 N–H and O–H groups in total. The SMILES string of the molecule is CCc1nc2ccc(F)cc2nc1O[C@@H]1C[C@H]2C(=O)N[C@]3(C(=O)NS(=O)(=O)C4CC4)C[C@H]3C=CCCCCC[C@H](NC(=O)c3ccncc3F)C(=O)N2C1. The van der Waals surface area contributed by atoms with E-state index in [9.17, 15) is 36.4 Å². The Morgan fingerprint density at radius 2 is 1.89 bits per heavy atom. The lowest BCUT2D eigenvalue weighted by molar-refractivity contribution is -0.141. The summed E-state index contributed by atoms with van der Waals surface area (Å²) in [6.45, 7) is 1.70. The third kappa shape index (κ3) is 7.77. The summed E-state index contributed by atoms with van der Waals surface area (Å²) in [6.07, 6.45) is 9.13. The monoisotopic (exact) mass is 765 g/mol. The van der Waals surface area contributed by atoms with Gasteiger partial charge in [-0.2, -0.15) is 0 Å². The zero-order valence-electron chi connectivity index (χ0n) is 29.6. The highest BCUT2D eigenvalue weighted by molar-refractivity contribution is 7.91. The number of halogens is 2. The van der Waals surface area contributed by atoms with Gasteiger partial charge in [0.2, 0.25) is 27.7 Å². The number of allylic oxidation sites excluding steroid dienone is 1. The van der Waals surface area contributed by atoms with Crippen LogP contribution >= 0.6 is 0 Å². The minimum atomic E-state index is -3.94. The first-order valence-corrected chi connectivity index (χ1v) is 19.8. The van der Waals surface area contributed by atoms with Gasteiger partial charge >= 0.3 is 0 Å². The fraction of sp³-hybridized carbons (Fsp3) is 0.486. The first-order chi connectivity index (χ1) is 25.9. The molecular formula is C37H41F2N7O7S. The lowest BCUT2D eigenvalue weighted by atomic mass is 10.0. The van der Waals surface area contributed by atoms with E-state index in [4.69, 9.17) is 4.74 Å². The zero-order valence-corrected chi connectivity index (χ0v) is 30.4. The van der Waals surface area contributed by atoms with Crippen molar-refractivity contribution in [3.8, 4) is 5.88 Å². The average Bonchev–Trinajstić information content (AvgIpc) is 4.07. The highest BCUT2D eigenvalue weighted by atomic mass is 32.2. The predicted octanol–water partition coefficient (Wildman–Crippen LogP) is 3.02. The van der Waals surface area contributed by atoms with Crippen molar-refractivity contribution >= 4 is 44.7 Å². The third-order valence-electron chi connectivity index (χ3n) is 10.4. The number of carbonyl (C=O) groups is 4. The van der Waals surface area contributed by atoms with Gasteiger partial charge in [-0.15, -0.1) is 0 Å². The predicted molar refractivity (Wildman–Crippen MR) is 190 cm³/mol. The first-order valence-electron chi connectivity index (χ1n) is 18.3. The molecule has 4 aliphatic rings. The number of fused-ring (bicyclic) bond motifs is 3. The number of aromatic nitrogens is 3. The summed E-state index contributed by atoms with van der Waals surface area (Å²) >= 11 is 0. The Kier molecular flexibility index (Phi) is 10.3. The van der Waals surface area contributed by atoms with Crippen molar-refractivity contribution in [2.45, 2.75) is 100 Å². The molecule has 4 heterocycles. The Bertz CT molecular complexity index is 2130. The summed E-state index contributed by atoms with van der Waals surface area (Å²) in [6, 6.07) is 2.81. The molecule has 4 amide bonds. The number of ether oxygens (including phenoxy) is 1. The van der Waals surface area contributed by atoms with Gasteiger partial charge in [0.25, 0.3) is 11.8 Å². The topological polar surface area (TPSA) is 190 Å². The zero-order chi connectivity index (χ0) is 38.2. The van der Waals surface area contributed by atoms with E-state index >= 15 is 0 Å². The van der Waals surface area contributed by atoms with Crippen LogP contribution in [0.15, 0.2) is 48.8 Å². The number of nitrogens with zero attached hydrogens (tertiary/aromatic N) is 4. The molecule has 1 aromatic carbocycles. The van der Waals surface area contributed by atoms with E-state index in [0.717, 1.165) is 12.6 Å². The number of pyridine rings is 1. The van der Waals surface area contributed by atoms with Gasteiger partial charge in [0, 0.05) is 24.6 Å². The molecule has 2 aromatic heterocycles. The van der Waals surface area contributed by atoms with E-state index in [1.807, 2.05) is 19.1 Å². The highest BCUT2D eigenvalue weighted by Crippen LogP contribution is 2.46. The second kappa shape index (κ2) is 15.0. The van der Waals surface area contributed by atoms with Gasteiger partial charge < -0.3 is 20.3 Å². The number of rotatable bonds is 8. The number of hydrogen-bond donors (Lipinski definition) is 3. The number of sulfonamides is 1. The van der Waals surface area contributed by atoms with Crippen LogP contribution in [-0.4, -0.2) is 87.4 Å². The molecule has 2 aliphatic carbocycles. The maximum atomic E-state index is 14.6. The normalized spacial score (nSPS) is 26.2. The van der Waals surface area contributed by atoms with Crippen molar-refractivity contribution in [2.75, 3.05) is 6.54 Å². The van der Waals surface area contributed by atoms with Crippen LogP contribution in [0.1, 0.15) is 80.8 Å². The van der Waals surface area contributed by atoms with Gasteiger partial charge in [-0.05, 0) is 63.1 Å². The van der Waals surface area contributed by atoms with Crippen LogP contribution in [0.3, 0.4) is 0 Å². The molecule has 7 rings (SSSR count). The number of hydrogen-bond acceptors (Lipinski definition) is 10. The summed E-state index contributed by atoms with van der Waals surface area (Å²) in [4.78, 5) is 69.9. The Morgan fingerprint density at radius 1 is 1.07 bits per heavy atom. The average molecular weight is 766 g/mol. The van der Waals surface area contributed by atoms with E-state index in [0.29, 0.717) is 49.7 Å². The minimum absolute atomic E-state index is 0.0676. The van der Waals surface area contributed by atoms with Crippen LogP contribution < -0.4 is 20.1 Å². The van der Waals surface area contributed by atoms with Crippen molar-refractivity contribution in [1.82, 2.24) is 35.2 Å².